The SMILES string of the molecule is COC[C@H](C)NC(=O)COc1ccc(S(=O)(=O)NCCc2ccccc2)cc1. The molecule has 0 aliphatic rings. The first kappa shape index (κ1) is 21.9. The van der Waals surface area contributed by atoms with E-state index in [-0.39, 0.29) is 23.5 Å². The van der Waals surface area contributed by atoms with Gasteiger partial charge in [0.15, 0.2) is 6.61 Å². The number of methoxy groups -OCH3 is 1. The largest absolute Gasteiger partial charge is 0.484 e. The summed E-state index contributed by atoms with van der Waals surface area (Å²) < 4.78 is 37.6. The highest BCUT2D eigenvalue weighted by Gasteiger charge is 2.14. The molecule has 2 N–H and O–H groups in total. The molecule has 2 aromatic rings. The van der Waals surface area contributed by atoms with Crippen LogP contribution in [0.25, 0.3) is 0 Å². The molecule has 2 aromatic carbocycles. The van der Waals surface area contributed by atoms with E-state index in [1.807, 2.05) is 37.3 Å². The number of rotatable bonds is 11. The smallest absolute Gasteiger partial charge is 0.258 e. The Bertz CT molecular complexity index is 839. The van der Waals surface area contributed by atoms with Crippen LogP contribution in [0.15, 0.2) is 59.5 Å². The average molecular weight is 407 g/mol. The first-order chi connectivity index (χ1) is 13.4. The van der Waals surface area contributed by atoms with Crippen LogP contribution in [0.5, 0.6) is 5.75 Å². The molecule has 2 rings (SSSR count). The van der Waals surface area contributed by atoms with Crippen LogP contribution in [-0.2, 0) is 26.0 Å². The van der Waals surface area contributed by atoms with Gasteiger partial charge >= 0.3 is 0 Å². The van der Waals surface area contributed by atoms with Crippen molar-refractivity contribution in [1.82, 2.24) is 10.0 Å². The third-order valence-corrected chi connectivity index (χ3v) is 5.35. The molecule has 0 radical (unpaired) electrons. The zero-order valence-corrected chi connectivity index (χ0v) is 16.9. The minimum Gasteiger partial charge on any atom is -0.484 e. The van der Waals surface area contributed by atoms with Gasteiger partial charge < -0.3 is 14.8 Å². The molecular weight excluding hydrogens is 380 g/mol. The molecule has 0 aliphatic carbocycles. The Hall–Kier alpha value is -2.42. The quantitative estimate of drug-likeness (QED) is 0.593. The topological polar surface area (TPSA) is 93.7 Å². The summed E-state index contributed by atoms with van der Waals surface area (Å²) in [6, 6.07) is 15.5. The van der Waals surface area contributed by atoms with Gasteiger partial charge in [0.05, 0.1) is 11.5 Å². The third kappa shape index (κ3) is 7.30. The van der Waals surface area contributed by atoms with Gasteiger partial charge in [-0.25, -0.2) is 13.1 Å². The second-order valence-corrected chi connectivity index (χ2v) is 8.08. The van der Waals surface area contributed by atoms with Crippen molar-refractivity contribution in [2.75, 3.05) is 26.9 Å². The van der Waals surface area contributed by atoms with E-state index >= 15 is 0 Å². The van der Waals surface area contributed by atoms with Crippen molar-refractivity contribution in [1.29, 1.82) is 0 Å². The predicted molar refractivity (Wildman–Crippen MR) is 107 cm³/mol. The van der Waals surface area contributed by atoms with E-state index in [0.717, 1.165) is 5.56 Å². The summed E-state index contributed by atoms with van der Waals surface area (Å²) in [6.45, 7) is 2.39. The van der Waals surface area contributed by atoms with Crippen LogP contribution in [-0.4, -0.2) is 47.2 Å². The molecular formula is C20H26N2O5S. The zero-order chi connectivity index (χ0) is 20.4. The molecule has 1 amide bonds. The number of hydrogen-bond donors (Lipinski definition) is 2. The molecule has 28 heavy (non-hydrogen) atoms. The maximum absolute atomic E-state index is 12.4. The van der Waals surface area contributed by atoms with Crippen LogP contribution in [0.2, 0.25) is 0 Å². The lowest BCUT2D eigenvalue weighted by Crippen LogP contribution is -2.38. The summed E-state index contributed by atoms with van der Waals surface area (Å²) in [7, 11) is -2.04. The van der Waals surface area contributed by atoms with Gasteiger partial charge in [0.2, 0.25) is 10.0 Å². The molecule has 0 unspecified atom stereocenters. The lowest BCUT2D eigenvalue weighted by Gasteiger charge is -2.13. The van der Waals surface area contributed by atoms with Crippen molar-refractivity contribution in [2.24, 2.45) is 0 Å². The van der Waals surface area contributed by atoms with Crippen molar-refractivity contribution in [2.45, 2.75) is 24.3 Å². The Morgan fingerprint density at radius 3 is 2.39 bits per heavy atom. The fraction of sp³-hybridized carbons (Fsp3) is 0.350. The summed E-state index contributed by atoms with van der Waals surface area (Å²) in [5.41, 5.74) is 1.06. The molecule has 8 heteroatoms. The van der Waals surface area contributed by atoms with E-state index in [0.29, 0.717) is 25.3 Å². The number of amides is 1. The maximum Gasteiger partial charge on any atom is 0.258 e. The number of ether oxygens (including phenoxy) is 2. The third-order valence-electron chi connectivity index (χ3n) is 3.88. The fourth-order valence-corrected chi connectivity index (χ4v) is 3.56. The van der Waals surface area contributed by atoms with Crippen LogP contribution in [0.3, 0.4) is 0 Å². The van der Waals surface area contributed by atoms with E-state index in [2.05, 4.69) is 10.0 Å². The van der Waals surface area contributed by atoms with Crippen molar-refractivity contribution < 1.29 is 22.7 Å². The maximum atomic E-state index is 12.4. The lowest BCUT2D eigenvalue weighted by atomic mass is 10.2. The van der Waals surface area contributed by atoms with Crippen molar-refractivity contribution in [3.05, 3.63) is 60.2 Å². The van der Waals surface area contributed by atoms with Gasteiger partial charge in [0, 0.05) is 19.7 Å². The van der Waals surface area contributed by atoms with Gasteiger partial charge in [0.25, 0.3) is 5.91 Å². The van der Waals surface area contributed by atoms with Gasteiger partial charge in [-0.3, -0.25) is 4.79 Å². The molecule has 0 aromatic heterocycles. The first-order valence-electron chi connectivity index (χ1n) is 8.95. The number of carbonyl (C=O) groups is 1. The summed E-state index contributed by atoms with van der Waals surface area (Å²) in [4.78, 5) is 11.9. The molecule has 0 bridgehead atoms. The second kappa shape index (κ2) is 10.8. The van der Waals surface area contributed by atoms with Gasteiger partial charge in [-0.1, -0.05) is 30.3 Å². The van der Waals surface area contributed by atoms with Crippen LogP contribution in [0.4, 0.5) is 0 Å². The number of carbonyl (C=O) groups excluding carboxylic acids is 1. The van der Waals surface area contributed by atoms with E-state index in [4.69, 9.17) is 9.47 Å². The Balaban J connectivity index is 1.82. The second-order valence-electron chi connectivity index (χ2n) is 6.32. The molecule has 0 saturated heterocycles. The minimum absolute atomic E-state index is 0.115. The van der Waals surface area contributed by atoms with E-state index in [1.54, 1.807) is 7.11 Å². The number of sulfonamides is 1. The van der Waals surface area contributed by atoms with E-state index in [9.17, 15) is 13.2 Å². The van der Waals surface area contributed by atoms with Crippen molar-refractivity contribution in [3.8, 4) is 5.75 Å². The van der Waals surface area contributed by atoms with Gasteiger partial charge in [0.1, 0.15) is 5.75 Å². The summed E-state index contributed by atoms with van der Waals surface area (Å²) in [5.74, 6) is 0.140. The van der Waals surface area contributed by atoms with E-state index in [1.165, 1.54) is 24.3 Å². The Morgan fingerprint density at radius 1 is 1.07 bits per heavy atom. The van der Waals surface area contributed by atoms with Crippen molar-refractivity contribution >= 4 is 15.9 Å². The van der Waals surface area contributed by atoms with Crippen LogP contribution in [0.1, 0.15) is 12.5 Å². The van der Waals surface area contributed by atoms with Gasteiger partial charge in [-0.2, -0.15) is 0 Å². The lowest BCUT2D eigenvalue weighted by molar-refractivity contribution is -0.124. The number of nitrogens with one attached hydrogen (secondary N) is 2. The zero-order valence-electron chi connectivity index (χ0n) is 16.1. The first-order valence-corrected chi connectivity index (χ1v) is 10.4. The fourth-order valence-electron chi connectivity index (χ4n) is 2.53. The molecule has 0 saturated carbocycles. The molecule has 152 valence electrons. The average Bonchev–Trinajstić information content (AvgIpc) is 2.67. The molecule has 1 atom stereocenters. The highest BCUT2D eigenvalue weighted by molar-refractivity contribution is 7.89. The summed E-state index contributed by atoms with van der Waals surface area (Å²) >= 11 is 0. The van der Waals surface area contributed by atoms with Gasteiger partial charge in [-0.05, 0) is 43.2 Å². The number of benzene rings is 2. The van der Waals surface area contributed by atoms with Crippen LogP contribution >= 0.6 is 0 Å². The summed E-state index contributed by atoms with van der Waals surface area (Å²) in [6.07, 6.45) is 0.609. The highest BCUT2D eigenvalue weighted by atomic mass is 32.2. The Labute approximate surface area is 166 Å². The minimum atomic E-state index is -3.60. The predicted octanol–water partition coefficient (Wildman–Crippen LogP) is 1.74. The molecule has 0 aliphatic heterocycles. The normalized spacial score (nSPS) is 12.4. The van der Waals surface area contributed by atoms with Crippen LogP contribution in [0, 0.1) is 0 Å². The summed E-state index contributed by atoms with van der Waals surface area (Å²) in [5, 5.41) is 2.73. The highest BCUT2D eigenvalue weighted by Crippen LogP contribution is 2.16. The van der Waals surface area contributed by atoms with Crippen LogP contribution < -0.4 is 14.8 Å². The van der Waals surface area contributed by atoms with Gasteiger partial charge in [-0.15, -0.1) is 0 Å². The molecule has 7 nitrogen and oxygen atoms in total. The number of hydrogen-bond acceptors (Lipinski definition) is 5. The Kier molecular flexibility index (Phi) is 8.43. The van der Waals surface area contributed by atoms with E-state index < -0.39 is 10.0 Å². The Morgan fingerprint density at radius 2 is 1.75 bits per heavy atom. The monoisotopic (exact) mass is 406 g/mol. The molecule has 0 heterocycles. The molecule has 0 fully saturated rings. The van der Waals surface area contributed by atoms with Crippen molar-refractivity contribution in [3.63, 3.8) is 0 Å². The molecule has 0 spiro atoms. The standard InChI is InChI=1S/C20H26N2O5S/c1-16(14-26-2)22-20(23)15-27-18-8-10-19(11-9-18)28(24,25)21-13-12-17-6-4-3-5-7-17/h3-11,16,21H,12-15H2,1-2H3,(H,22,23)/t16-/m0/s1.